The molecule has 1 aromatic carbocycles. The summed E-state index contributed by atoms with van der Waals surface area (Å²) in [6.45, 7) is -0.00977. The van der Waals surface area contributed by atoms with Crippen molar-refractivity contribution in [3.05, 3.63) is 57.8 Å². The van der Waals surface area contributed by atoms with Gasteiger partial charge in [-0.25, -0.2) is 0 Å². The molecule has 0 spiro atoms. The van der Waals surface area contributed by atoms with Crippen LogP contribution in [0.3, 0.4) is 0 Å². The van der Waals surface area contributed by atoms with Crippen molar-refractivity contribution in [2.24, 2.45) is 0 Å². The maximum Gasteiger partial charge on any atom is 0.417 e. The maximum absolute atomic E-state index is 12.6. The van der Waals surface area contributed by atoms with Crippen LogP contribution in [0.4, 0.5) is 18.9 Å². The molecule has 0 radical (unpaired) electrons. The predicted molar refractivity (Wildman–Crippen MR) is 90.8 cm³/mol. The van der Waals surface area contributed by atoms with Gasteiger partial charge in [0.15, 0.2) is 0 Å². The van der Waals surface area contributed by atoms with Crippen LogP contribution in [0.1, 0.15) is 11.3 Å². The molecule has 1 heterocycles. The fraction of sp³-hybridized carbons (Fsp3) is 0.250. The van der Waals surface area contributed by atoms with E-state index in [0.29, 0.717) is 11.2 Å². The van der Waals surface area contributed by atoms with Gasteiger partial charge in [0.1, 0.15) is 0 Å². The first kappa shape index (κ1) is 19.3. The Balaban J connectivity index is 1.92. The fourth-order valence-electron chi connectivity index (χ4n) is 1.99. The molecular weight excluding hydrogens is 378 g/mol. The summed E-state index contributed by atoms with van der Waals surface area (Å²) in [4.78, 5) is 17.3. The molecule has 0 aliphatic carbocycles. The smallest absolute Gasteiger partial charge is 0.365 e. The number of anilines is 1. The van der Waals surface area contributed by atoms with Gasteiger partial charge >= 0.3 is 6.18 Å². The molecule has 1 aromatic heterocycles. The SMILES string of the molecule is CN(CC(=O)NCc1ncc(C(F)(F)F)cc1Cl)c1ccc(Cl)cc1. The summed E-state index contributed by atoms with van der Waals surface area (Å²) >= 11 is 11.6. The lowest BCUT2D eigenvalue weighted by molar-refractivity contribution is -0.137. The normalized spacial score (nSPS) is 11.3. The highest BCUT2D eigenvalue weighted by atomic mass is 35.5. The molecule has 1 amide bonds. The average molecular weight is 392 g/mol. The lowest BCUT2D eigenvalue weighted by Crippen LogP contribution is -2.35. The molecule has 0 saturated heterocycles. The topological polar surface area (TPSA) is 45.2 Å². The first-order valence-corrected chi connectivity index (χ1v) is 7.87. The zero-order valence-electron chi connectivity index (χ0n) is 13.1. The minimum absolute atomic E-state index is 0.0554. The highest BCUT2D eigenvalue weighted by Crippen LogP contribution is 2.31. The number of amides is 1. The third-order valence-corrected chi connectivity index (χ3v) is 3.93. The quantitative estimate of drug-likeness (QED) is 0.831. The molecule has 1 N–H and O–H groups in total. The molecule has 2 rings (SSSR count). The van der Waals surface area contributed by atoms with Crippen molar-refractivity contribution in [1.29, 1.82) is 0 Å². The van der Waals surface area contributed by atoms with E-state index in [4.69, 9.17) is 23.2 Å². The number of nitrogens with zero attached hydrogens (tertiary/aromatic N) is 2. The number of aromatic nitrogens is 1. The number of likely N-dealkylation sites (N-methyl/N-ethyl adjacent to an activating group) is 1. The van der Waals surface area contributed by atoms with Gasteiger partial charge in [-0.15, -0.1) is 0 Å². The largest absolute Gasteiger partial charge is 0.417 e. The summed E-state index contributed by atoms with van der Waals surface area (Å²) in [7, 11) is 1.73. The van der Waals surface area contributed by atoms with E-state index < -0.39 is 11.7 Å². The minimum Gasteiger partial charge on any atom is -0.365 e. The van der Waals surface area contributed by atoms with Gasteiger partial charge in [-0.3, -0.25) is 9.78 Å². The number of carbonyl (C=O) groups is 1. The van der Waals surface area contributed by atoms with E-state index >= 15 is 0 Å². The Bertz CT molecular complexity index is 751. The lowest BCUT2D eigenvalue weighted by Gasteiger charge is -2.19. The number of nitrogens with one attached hydrogen (secondary N) is 1. The lowest BCUT2D eigenvalue weighted by atomic mass is 10.2. The molecule has 0 aliphatic rings. The van der Waals surface area contributed by atoms with Crippen LogP contribution in [0, 0.1) is 0 Å². The van der Waals surface area contributed by atoms with Crippen molar-refractivity contribution < 1.29 is 18.0 Å². The second kappa shape index (κ2) is 7.93. The van der Waals surface area contributed by atoms with E-state index in [1.165, 1.54) is 0 Å². The molecule has 4 nitrogen and oxygen atoms in total. The van der Waals surface area contributed by atoms with Gasteiger partial charge in [-0.2, -0.15) is 13.2 Å². The Morgan fingerprint density at radius 2 is 1.88 bits per heavy atom. The molecule has 134 valence electrons. The van der Waals surface area contributed by atoms with Crippen LogP contribution in [-0.4, -0.2) is 24.5 Å². The molecule has 25 heavy (non-hydrogen) atoms. The summed E-state index contributed by atoms with van der Waals surface area (Å²) in [6.07, 6.45) is -3.83. The molecule has 0 atom stereocenters. The van der Waals surface area contributed by atoms with Gasteiger partial charge in [0, 0.05) is 24.0 Å². The van der Waals surface area contributed by atoms with Crippen LogP contribution < -0.4 is 10.2 Å². The summed E-state index contributed by atoms with van der Waals surface area (Å²) in [5.41, 5.74) is 0.0254. The molecule has 0 aliphatic heterocycles. The van der Waals surface area contributed by atoms with E-state index in [0.717, 1.165) is 11.8 Å². The molecule has 2 aromatic rings. The summed E-state index contributed by atoms with van der Waals surface area (Å²) in [5.74, 6) is -0.324. The number of rotatable bonds is 5. The van der Waals surface area contributed by atoms with Gasteiger partial charge in [-0.1, -0.05) is 23.2 Å². The van der Waals surface area contributed by atoms with Gasteiger partial charge in [0.2, 0.25) is 5.91 Å². The number of pyridine rings is 1. The molecule has 0 saturated carbocycles. The van der Waals surface area contributed by atoms with Gasteiger partial charge in [0.05, 0.1) is 29.4 Å². The number of hydrogen-bond acceptors (Lipinski definition) is 3. The first-order valence-electron chi connectivity index (χ1n) is 7.12. The highest BCUT2D eigenvalue weighted by Gasteiger charge is 2.31. The summed E-state index contributed by atoms with van der Waals surface area (Å²) in [6, 6.07) is 7.73. The number of hydrogen-bond donors (Lipinski definition) is 1. The average Bonchev–Trinajstić information content (AvgIpc) is 2.53. The van der Waals surface area contributed by atoms with Crippen LogP contribution in [-0.2, 0) is 17.5 Å². The van der Waals surface area contributed by atoms with Gasteiger partial charge < -0.3 is 10.2 Å². The minimum atomic E-state index is -4.51. The van der Waals surface area contributed by atoms with Crippen LogP contribution in [0.5, 0.6) is 0 Å². The maximum atomic E-state index is 12.6. The van der Waals surface area contributed by atoms with Crippen molar-refractivity contribution in [2.75, 3.05) is 18.5 Å². The van der Waals surface area contributed by atoms with Crippen molar-refractivity contribution in [1.82, 2.24) is 10.3 Å². The van der Waals surface area contributed by atoms with E-state index in [1.54, 1.807) is 36.2 Å². The highest BCUT2D eigenvalue weighted by molar-refractivity contribution is 6.31. The zero-order chi connectivity index (χ0) is 18.6. The first-order chi connectivity index (χ1) is 11.7. The van der Waals surface area contributed by atoms with Gasteiger partial charge in [0.25, 0.3) is 0 Å². The molecule has 0 unspecified atom stereocenters. The molecule has 9 heteroatoms. The van der Waals surface area contributed by atoms with Crippen LogP contribution in [0.2, 0.25) is 10.0 Å². The van der Waals surface area contributed by atoms with Crippen molar-refractivity contribution >= 4 is 34.8 Å². The zero-order valence-corrected chi connectivity index (χ0v) is 14.6. The third kappa shape index (κ3) is 5.51. The number of benzene rings is 1. The number of halogens is 5. The Labute approximate surface area is 152 Å². The monoisotopic (exact) mass is 391 g/mol. The molecule has 0 bridgehead atoms. The summed E-state index contributed by atoms with van der Waals surface area (Å²) < 4.78 is 37.7. The second-order valence-corrected chi connectivity index (χ2v) is 6.10. The fourth-order valence-corrected chi connectivity index (χ4v) is 2.35. The Morgan fingerprint density at radius 1 is 1.24 bits per heavy atom. The standard InChI is InChI=1S/C16H14Cl2F3N3O/c1-24(12-4-2-11(17)3-5-12)9-15(25)23-8-14-13(18)6-10(7-22-14)16(19,20)21/h2-7H,8-9H2,1H3,(H,23,25). The second-order valence-electron chi connectivity index (χ2n) is 5.26. The van der Waals surface area contributed by atoms with E-state index in [-0.39, 0.29) is 29.7 Å². The molecule has 0 fully saturated rings. The van der Waals surface area contributed by atoms with Crippen molar-refractivity contribution in [2.45, 2.75) is 12.7 Å². The Morgan fingerprint density at radius 3 is 2.44 bits per heavy atom. The number of alkyl halides is 3. The third-order valence-electron chi connectivity index (χ3n) is 3.35. The van der Waals surface area contributed by atoms with Crippen LogP contribution in [0.25, 0.3) is 0 Å². The molecular formula is C16H14Cl2F3N3O. The van der Waals surface area contributed by atoms with E-state index in [2.05, 4.69) is 10.3 Å². The van der Waals surface area contributed by atoms with Crippen LogP contribution >= 0.6 is 23.2 Å². The van der Waals surface area contributed by atoms with E-state index in [1.807, 2.05) is 0 Å². The Kier molecular flexibility index (Phi) is 6.13. The Hall–Kier alpha value is -1.99. The van der Waals surface area contributed by atoms with Crippen molar-refractivity contribution in [3.8, 4) is 0 Å². The summed E-state index contributed by atoms with van der Waals surface area (Å²) in [5, 5.41) is 3.01. The van der Waals surface area contributed by atoms with Gasteiger partial charge in [-0.05, 0) is 30.3 Å². The number of carbonyl (C=O) groups excluding carboxylic acids is 1. The van der Waals surface area contributed by atoms with E-state index in [9.17, 15) is 18.0 Å². The van der Waals surface area contributed by atoms with Crippen LogP contribution in [0.15, 0.2) is 36.5 Å². The van der Waals surface area contributed by atoms with Crippen molar-refractivity contribution in [3.63, 3.8) is 0 Å². The predicted octanol–water partition coefficient (Wildman–Crippen LogP) is 4.16.